The van der Waals surface area contributed by atoms with Crippen LogP contribution in [-0.4, -0.2) is 30.3 Å². The number of anilines is 4. The van der Waals surface area contributed by atoms with E-state index in [1.54, 1.807) is 6.21 Å². The van der Waals surface area contributed by atoms with Gasteiger partial charge in [0.05, 0.1) is 6.21 Å². The molecule has 5 N–H and O–H groups in total. The second-order valence-corrected chi connectivity index (χ2v) is 4.40. The molecule has 0 unspecified atom stereocenters. The van der Waals surface area contributed by atoms with E-state index in [1.807, 2.05) is 43.3 Å². The van der Waals surface area contributed by atoms with E-state index in [-0.39, 0.29) is 5.95 Å². The largest absolute Gasteiger partial charge is 0.383 e. The zero-order chi connectivity index (χ0) is 14.5. The SMILES string of the molecule is CN(C)c1ccc(C=NNc2nc(N)cc(N)n2)cc1. The summed E-state index contributed by atoms with van der Waals surface area (Å²) in [5.41, 5.74) is 15.9. The lowest BCUT2D eigenvalue weighted by molar-refractivity contribution is 1.13. The Morgan fingerprint density at radius 1 is 1.10 bits per heavy atom. The summed E-state index contributed by atoms with van der Waals surface area (Å²) in [5.74, 6) is 0.861. The van der Waals surface area contributed by atoms with Gasteiger partial charge in [-0.2, -0.15) is 15.1 Å². The Morgan fingerprint density at radius 2 is 1.70 bits per heavy atom. The maximum Gasteiger partial charge on any atom is 0.247 e. The van der Waals surface area contributed by atoms with Crippen LogP contribution < -0.4 is 21.8 Å². The van der Waals surface area contributed by atoms with Crippen LogP contribution in [0.25, 0.3) is 0 Å². The third kappa shape index (κ3) is 3.58. The van der Waals surface area contributed by atoms with E-state index in [0.717, 1.165) is 11.3 Å². The van der Waals surface area contributed by atoms with E-state index in [1.165, 1.54) is 6.07 Å². The van der Waals surface area contributed by atoms with E-state index in [2.05, 4.69) is 20.5 Å². The first-order valence-corrected chi connectivity index (χ1v) is 6.01. The second-order valence-electron chi connectivity index (χ2n) is 4.40. The maximum absolute atomic E-state index is 5.56. The third-order valence-corrected chi connectivity index (χ3v) is 2.55. The Hall–Kier alpha value is -2.83. The number of nitrogen functional groups attached to an aromatic ring is 2. The number of rotatable bonds is 4. The summed E-state index contributed by atoms with van der Waals surface area (Å²) in [6, 6.07) is 9.44. The van der Waals surface area contributed by atoms with Gasteiger partial charge in [-0.1, -0.05) is 12.1 Å². The molecule has 0 spiro atoms. The van der Waals surface area contributed by atoms with Gasteiger partial charge >= 0.3 is 0 Å². The predicted octanol–water partition coefficient (Wildman–Crippen LogP) is 1.15. The van der Waals surface area contributed by atoms with Crippen LogP contribution in [0.5, 0.6) is 0 Å². The minimum atomic E-state index is 0.267. The van der Waals surface area contributed by atoms with Crippen molar-refractivity contribution in [3.63, 3.8) is 0 Å². The molecule has 7 nitrogen and oxygen atoms in total. The van der Waals surface area contributed by atoms with Gasteiger partial charge in [0.15, 0.2) is 0 Å². The molecule has 0 aliphatic heterocycles. The molecule has 0 saturated carbocycles. The highest BCUT2D eigenvalue weighted by Gasteiger charge is 1.98. The molecule has 1 heterocycles. The summed E-state index contributed by atoms with van der Waals surface area (Å²) >= 11 is 0. The molecule has 0 aliphatic carbocycles. The van der Waals surface area contributed by atoms with Gasteiger partial charge in [0.2, 0.25) is 5.95 Å². The molecule has 0 fully saturated rings. The predicted molar refractivity (Wildman–Crippen MR) is 82.8 cm³/mol. The number of hydrogen-bond acceptors (Lipinski definition) is 7. The molecule has 0 saturated heterocycles. The lowest BCUT2D eigenvalue weighted by atomic mass is 10.2. The van der Waals surface area contributed by atoms with Crippen molar-refractivity contribution in [1.82, 2.24) is 9.97 Å². The maximum atomic E-state index is 5.56. The molecule has 7 heteroatoms. The van der Waals surface area contributed by atoms with Gasteiger partial charge in [-0.15, -0.1) is 0 Å². The number of hydrogen-bond donors (Lipinski definition) is 3. The van der Waals surface area contributed by atoms with Crippen molar-refractivity contribution in [1.29, 1.82) is 0 Å². The fourth-order valence-corrected chi connectivity index (χ4v) is 1.56. The number of nitrogens with zero attached hydrogens (tertiary/aromatic N) is 4. The standard InChI is InChI=1S/C13H17N7/c1-20(2)10-5-3-9(4-6-10)8-16-19-13-17-11(14)7-12(15)18-13/h3-8H,1-2H3,(H5,14,15,17,18,19). The minimum Gasteiger partial charge on any atom is -0.383 e. The van der Waals surface area contributed by atoms with Gasteiger partial charge in [0, 0.05) is 25.8 Å². The third-order valence-electron chi connectivity index (χ3n) is 2.55. The van der Waals surface area contributed by atoms with Gasteiger partial charge < -0.3 is 16.4 Å². The molecule has 1 aromatic heterocycles. The van der Waals surface area contributed by atoms with Crippen LogP contribution in [-0.2, 0) is 0 Å². The van der Waals surface area contributed by atoms with Crippen molar-refractivity contribution in [3.05, 3.63) is 35.9 Å². The van der Waals surface area contributed by atoms with Crippen LogP contribution in [0.1, 0.15) is 5.56 Å². The Kier molecular flexibility index (Phi) is 3.99. The number of nitrogens with one attached hydrogen (secondary N) is 1. The van der Waals surface area contributed by atoms with Crippen molar-refractivity contribution in [2.45, 2.75) is 0 Å². The topological polar surface area (TPSA) is 105 Å². The van der Waals surface area contributed by atoms with Crippen LogP contribution in [0, 0.1) is 0 Å². The average Bonchev–Trinajstić information content (AvgIpc) is 2.38. The van der Waals surface area contributed by atoms with E-state index >= 15 is 0 Å². The second kappa shape index (κ2) is 5.87. The monoisotopic (exact) mass is 271 g/mol. The molecular formula is C13H17N7. The van der Waals surface area contributed by atoms with Gasteiger partial charge in [-0.05, 0) is 17.7 Å². The van der Waals surface area contributed by atoms with Crippen LogP contribution in [0.2, 0.25) is 0 Å². The molecule has 20 heavy (non-hydrogen) atoms. The first kappa shape index (κ1) is 13.6. The number of hydrazone groups is 1. The Morgan fingerprint density at radius 3 is 2.25 bits per heavy atom. The summed E-state index contributed by atoms with van der Waals surface area (Å²) in [7, 11) is 3.98. The van der Waals surface area contributed by atoms with Crippen LogP contribution in [0.15, 0.2) is 35.4 Å². The molecule has 0 bridgehead atoms. The van der Waals surface area contributed by atoms with Crippen molar-refractivity contribution in [2.75, 3.05) is 35.9 Å². The van der Waals surface area contributed by atoms with Crippen LogP contribution in [0.3, 0.4) is 0 Å². The molecule has 0 amide bonds. The first-order chi connectivity index (χ1) is 9.54. The van der Waals surface area contributed by atoms with Crippen LogP contribution in [0.4, 0.5) is 23.3 Å². The summed E-state index contributed by atoms with van der Waals surface area (Å²) in [5, 5.41) is 4.04. The smallest absolute Gasteiger partial charge is 0.247 e. The highest BCUT2D eigenvalue weighted by Crippen LogP contribution is 2.11. The fourth-order valence-electron chi connectivity index (χ4n) is 1.56. The highest BCUT2D eigenvalue weighted by atomic mass is 15.4. The lowest BCUT2D eigenvalue weighted by Gasteiger charge is -2.11. The highest BCUT2D eigenvalue weighted by molar-refractivity contribution is 5.80. The van der Waals surface area contributed by atoms with E-state index < -0.39 is 0 Å². The van der Waals surface area contributed by atoms with E-state index in [0.29, 0.717) is 11.6 Å². The summed E-state index contributed by atoms with van der Waals surface area (Å²) in [6.07, 6.45) is 1.67. The molecule has 0 atom stereocenters. The quantitative estimate of drug-likeness (QED) is 0.569. The fraction of sp³-hybridized carbons (Fsp3) is 0.154. The van der Waals surface area contributed by atoms with Crippen molar-refractivity contribution in [3.8, 4) is 0 Å². The van der Waals surface area contributed by atoms with E-state index in [9.17, 15) is 0 Å². The van der Waals surface area contributed by atoms with Crippen molar-refractivity contribution in [2.24, 2.45) is 5.10 Å². The normalized spacial score (nSPS) is 10.7. The molecule has 0 radical (unpaired) electrons. The molecular weight excluding hydrogens is 254 g/mol. The molecule has 2 rings (SSSR count). The number of benzene rings is 1. The van der Waals surface area contributed by atoms with Crippen molar-refractivity contribution >= 4 is 29.5 Å². The summed E-state index contributed by atoms with van der Waals surface area (Å²) in [6.45, 7) is 0. The molecule has 0 aliphatic rings. The molecule has 104 valence electrons. The number of nitrogens with two attached hydrogens (primary N) is 2. The van der Waals surface area contributed by atoms with Gasteiger partial charge in [0.1, 0.15) is 11.6 Å². The first-order valence-electron chi connectivity index (χ1n) is 6.01. The summed E-state index contributed by atoms with van der Waals surface area (Å²) in [4.78, 5) is 9.95. The lowest BCUT2D eigenvalue weighted by Crippen LogP contribution is -2.08. The van der Waals surface area contributed by atoms with Gasteiger partial charge in [0.25, 0.3) is 0 Å². The Bertz CT molecular complexity index is 584. The minimum absolute atomic E-state index is 0.267. The van der Waals surface area contributed by atoms with E-state index in [4.69, 9.17) is 11.5 Å². The van der Waals surface area contributed by atoms with Gasteiger partial charge in [-0.3, -0.25) is 0 Å². The van der Waals surface area contributed by atoms with Crippen LogP contribution >= 0.6 is 0 Å². The number of aromatic nitrogens is 2. The molecule has 1 aromatic carbocycles. The zero-order valence-electron chi connectivity index (χ0n) is 11.4. The average molecular weight is 271 g/mol. The Labute approximate surface area is 117 Å². The van der Waals surface area contributed by atoms with Crippen molar-refractivity contribution < 1.29 is 0 Å². The van der Waals surface area contributed by atoms with Gasteiger partial charge in [-0.25, -0.2) is 5.43 Å². The summed E-state index contributed by atoms with van der Waals surface area (Å²) < 4.78 is 0. The molecule has 2 aromatic rings. The zero-order valence-corrected chi connectivity index (χ0v) is 11.4. The Balaban J connectivity index is 2.02.